The highest BCUT2D eigenvalue weighted by atomic mass is 14.9. The monoisotopic (exact) mass is 273 g/mol. The highest BCUT2D eigenvalue weighted by molar-refractivity contribution is 5.45. The molecule has 1 fully saturated rings. The van der Waals surface area contributed by atoms with Crippen molar-refractivity contribution in [3.63, 3.8) is 0 Å². The number of benzene rings is 1. The van der Waals surface area contributed by atoms with Crippen LogP contribution in [0.4, 0.5) is 0 Å². The van der Waals surface area contributed by atoms with Crippen LogP contribution in [0, 0.1) is 33.6 Å². The standard InChI is InChI=1S/C19H31N/c1-13-11-14(2)16(4)19(15(13)3)18(20-5)12-17-9-7-6-8-10-17/h11,17-18,20H,6-10,12H2,1-5H3. The Morgan fingerprint density at radius 1 is 1.00 bits per heavy atom. The molecular weight excluding hydrogens is 242 g/mol. The Morgan fingerprint density at radius 3 is 2.05 bits per heavy atom. The lowest BCUT2D eigenvalue weighted by Gasteiger charge is -2.29. The Morgan fingerprint density at radius 2 is 1.55 bits per heavy atom. The third-order valence-electron chi connectivity index (χ3n) is 5.41. The van der Waals surface area contributed by atoms with Gasteiger partial charge in [-0.1, -0.05) is 38.2 Å². The first-order chi connectivity index (χ1) is 9.54. The van der Waals surface area contributed by atoms with E-state index in [0.717, 1.165) is 5.92 Å². The predicted octanol–water partition coefficient (Wildman–Crippen LogP) is 5.15. The summed E-state index contributed by atoms with van der Waals surface area (Å²) in [5, 5.41) is 3.60. The first kappa shape index (κ1) is 15.6. The van der Waals surface area contributed by atoms with E-state index in [1.807, 2.05) is 0 Å². The van der Waals surface area contributed by atoms with Gasteiger partial charge in [0, 0.05) is 6.04 Å². The maximum Gasteiger partial charge on any atom is 0.0325 e. The zero-order valence-corrected chi connectivity index (χ0v) is 14.0. The third-order valence-corrected chi connectivity index (χ3v) is 5.41. The molecule has 0 saturated heterocycles. The molecule has 0 amide bonds. The highest BCUT2D eigenvalue weighted by Crippen LogP contribution is 2.35. The van der Waals surface area contributed by atoms with E-state index in [0.29, 0.717) is 6.04 Å². The minimum atomic E-state index is 0.525. The predicted molar refractivity (Wildman–Crippen MR) is 88.4 cm³/mol. The maximum atomic E-state index is 3.60. The van der Waals surface area contributed by atoms with Crippen molar-refractivity contribution < 1.29 is 0 Å². The van der Waals surface area contributed by atoms with Crippen molar-refractivity contribution in [1.29, 1.82) is 0 Å². The fourth-order valence-electron chi connectivity index (χ4n) is 3.91. The van der Waals surface area contributed by atoms with E-state index in [-0.39, 0.29) is 0 Å². The van der Waals surface area contributed by atoms with E-state index < -0.39 is 0 Å². The number of rotatable bonds is 4. The Hall–Kier alpha value is -0.820. The van der Waals surface area contributed by atoms with Crippen LogP contribution in [0.1, 0.15) is 72.4 Å². The molecule has 1 aliphatic carbocycles. The van der Waals surface area contributed by atoms with Gasteiger partial charge < -0.3 is 5.32 Å². The quantitative estimate of drug-likeness (QED) is 0.800. The van der Waals surface area contributed by atoms with Gasteiger partial charge in [0.2, 0.25) is 0 Å². The smallest absolute Gasteiger partial charge is 0.0325 e. The van der Waals surface area contributed by atoms with Gasteiger partial charge in [0.15, 0.2) is 0 Å². The number of nitrogens with one attached hydrogen (secondary N) is 1. The van der Waals surface area contributed by atoms with E-state index in [1.54, 1.807) is 5.56 Å². The summed E-state index contributed by atoms with van der Waals surface area (Å²) in [7, 11) is 2.13. The van der Waals surface area contributed by atoms with Crippen LogP contribution in [-0.2, 0) is 0 Å². The van der Waals surface area contributed by atoms with Crippen molar-refractivity contribution in [3.8, 4) is 0 Å². The van der Waals surface area contributed by atoms with Crippen LogP contribution in [0.3, 0.4) is 0 Å². The molecule has 1 N–H and O–H groups in total. The molecule has 0 aliphatic heterocycles. The van der Waals surface area contributed by atoms with Crippen molar-refractivity contribution in [3.05, 3.63) is 33.9 Å². The van der Waals surface area contributed by atoms with E-state index in [2.05, 4.69) is 46.1 Å². The van der Waals surface area contributed by atoms with Crippen LogP contribution in [0.15, 0.2) is 6.07 Å². The molecule has 0 bridgehead atoms. The van der Waals surface area contributed by atoms with Gasteiger partial charge in [-0.05, 0) is 74.9 Å². The van der Waals surface area contributed by atoms with Gasteiger partial charge in [0.1, 0.15) is 0 Å². The van der Waals surface area contributed by atoms with Crippen LogP contribution < -0.4 is 5.32 Å². The molecule has 0 radical (unpaired) electrons. The van der Waals surface area contributed by atoms with E-state index in [9.17, 15) is 0 Å². The molecule has 1 aromatic carbocycles. The molecule has 1 unspecified atom stereocenters. The molecule has 112 valence electrons. The largest absolute Gasteiger partial charge is 0.313 e. The average Bonchev–Trinajstić information content (AvgIpc) is 2.45. The molecule has 1 heteroatoms. The zero-order chi connectivity index (χ0) is 14.7. The molecule has 1 aliphatic rings. The van der Waals surface area contributed by atoms with Crippen LogP contribution >= 0.6 is 0 Å². The second-order valence-electron chi connectivity index (χ2n) is 6.76. The van der Waals surface area contributed by atoms with Crippen LogP contribution in [0.2, 0.25) is 0 Å². The lowest BCUT2D eigenvalue weighted by molar-refractivity contribution is 0.305. The van der Waals surface area contributed by atoms with Crippen LogP contribution in [0.25, 0.3) is 0 Å². The Labute approximate surface area is 125 Å². The number of hydrogen-bond donors (Lipinski definition) is 1. The molecule has 1 aromatic rings. The van der Waals surface area contributed by atoms with Gasteiger partial charge in [-0.3, -0.25) is 0 Å². The van der Waals surface area contributed by atoms with E-state index >= 15 is 0 Å². The minimum absolute atomic E-state index is 0.525. The topological polar surface area (TPSA) is 12.0 Å². The Bertz CT molecular complexity index is 429. The zero-order valence-electron chi connectivity index (χ0n) is 14.0. The van der Waals surface area contributed by atoms with Gasteiger partial charge in [0.05, 0.1) is 0 Å². The fourth-order valence-corrected chi connectivity index (χ4v) is 3.91. The van der Waals surface area contributed by atoms with Gasteiger partial charge in [0.25, 0.3) is 0 Å². The third kappa shape index (κ3) is 3.25. The first-order valence-electron chi connectivity index (χ1n) is 8.29. The first-order valence-corrected chi connectivity index (χ1v) is 8.29. The fraction of sp³-hybridized carbons (Fsp3) is 0.684. The molecule has 0 heterocycles. The highest BCUT2D eigenvalue weighted by Gasteiger charge is 2.22. The summed E-state index contributed by atoms with van der Waals surface area (Å²) in [5.74, 6) is 0.917. The van der Waals surface area contributed by atoms with Crippen molar-refractivity contribution in [2.24, 2.45) is 5.92 Å². The molecule has 1 nitrogen and oxygen atoms in total. The van der Waals surface area contributed by atoms with Gasteiger partial charge in [-0.2, -0.15) is 0 Å². The summed E-state index contributed by atoms with van der Waals surface area (Å²) < 4.78 is 0. The van der Waals surface area contributed by atoms with Crippen LogP contribution in [-0.4, -0.2) is 7.05 Å². The minimum Gasteiger partial charge on any atom is -0.313 e. The summed E-state index contributed by atoms with van der Waals surface area (Å²) >= 11 is 0. The van der Waals surface area contributed by atoms with E-state index in [4.69, 9.17) is 0 Å². The number of hydrogen-bond acceptors (Lipinski definition) is 1. The van der Waals surface area contributed by atoms with Gasteiger partial charge in [-0.25, -0.2) is 0 Å². The van der Waals surface area contributed by atoms with Gasteiger partial charge >= 0.3 is 0 Å². The molecule has 1 saturated carbocycles. The lowest BCUT2D eigenvalue weighted by atomic mass is 9.80. The molecule has 1 atom stereocenters. The SMILES string of the molecule is CNC(CC1CCCCC1)c1c(C)c(C)cc(C)c1C. The van der Waals surface area contributed by atoms with Crippen LogP contribution in [0.5, 0.6) is 0 Å². The normalized spacial score (nSPS) is 18.2. The van der Waals surface area contributed by atoms with E-state index in [1.165, 1.54) is 60.8 Å². The second-order valence-corrected chi connectivity index (χ2v) is 6.76. The summed E-state index contributed by atoms with van der Waals surface area (Å²) in [6, 6.07) is 2.86. The molecular formula is C19H31N. The van der Waals surface area contributed by atoms with Crippen molar-refractivity contribution in [1.82, 2.24) is 5.32 Å². The lowest BCUT2D eigenvalue weighted by Crippen LogP contribution is -2.23. The summed E-state index contributed by atoms with van der Waals surface area (Å²) in [4.78, 5) is 0. The molecule has 2 rings (SSSR count). The van der Waals surface area contributed by atoms with Crippen molar-refractivity contribution in [2.45, 2.75) is 72.3 Å². The maximum absolute atomic E-state index is 3.60. The Kier molecular flexibility index (Phi) is 5.26. The average molecular weight is 273 g/mol. The summed E-state index contributed by atoms with van der Waals surface area (Å²) in [6.07, 6.45) is 8.49. The van der Waals surface area contributed by atoms with Gasteiger partial charge in [-0.15, -0.1) is 0 Å². The summed E-state index contributed by atoms with van der Waals surface area (Å²) in [5.41, 5.74) is 7.42. The van der Waals surface area contributed by atoms with Crippen molar-refractivity contribution >= 4 is 0 Å². The van der Waals surface area contributed by atoms with Crippen molar-refractivity contribution in [2.75, 3.05) is 7.05 Å². The molecule has 0 aromatic heterocycles. The molecule has 0 spiro atoms. The molecule has 20 heavy (non-hydrogen) atoms. The second kappa shape index (κ2) is 6.76. The Balaban J connectivity index is 2.26. The summed E-state index contributed by atoms with van der Waals surface area (Å²) in [6.45, 7) is 9.09. The number of aryl methyl sites for hydroxylation is 2.